The Balaban J connectivity index is 2.13. The molecule has 102 valence electrons. The lowest BCUT2D eigenvalue weighted by Crippen LogP contribution is -2.13. The Morgan fingerprint density at radius 3 is 2.68 bits per heavy atom. The van der Waals surface area contributed by atoms with E-state index in [2.05, 4.69) is 25.3 Å². The molecule has 2 aromatic heterocycles. The lowest BCUT2D eigenvalue weighted by Gasteiger charge is -2.14. The Hall–Kier alpha value is -2.11. The first-order chi connectivity index (χ1) is 9.04. The van der Waals surface area contributed by atoms with Gasteiger partial charge in [-0.2, -0.15) is 4.98 Å². The standard InChI is InChI=1S/C13H19N5O/c1-8(2)19-11-7-9(3)16-13(18-11)17-10(4)12-14-5-6-15-12/h5-8,10H,1-4H3,(H,14,15)(H,16,17,18). The topological polar surface area (TPSA) is 75.7 Å². The summed E-state index contributed by atoms with van der Waals surface area (Å²) >= 11 is 0. The summed E-state index contributed by atoms with van der Waals surface area (Å²) in [6, 6.07) is 1.83. The van der Waals surface area contributed by atoms with Crippen molar-refractivity contribution in [3.8, 4) is 5.88 Å². The molecule has 19 heavy (non-hydrogen) atoms. The number of nitrogens with one attached hydrogen (secondary N) is 2. The molecule has 0 bridgehead atoms. The van der Waals surface area contributed by atoms with E-state index in [9.17, 15) is 0 Å². The predicted molar refractivity (Wildman–Crippen MR) is 73.2 cm³/mol. The van der Waals surface area contributed by atoms with E-state index in [1.165, 1.54) is 0 Å². The van der Waals surface area contributed by atoms with Gasteiger partial charge in [0.1, 0.15) is 5.82 Å². The minimum Gasteiger partial charge on any atom is -0.475 e. The van der Waals surface area contributed by atoms with Crippen LogP contribution in [0.4, 0.5) is 5.95 Å². The van der Waals surface area contributed by atoms with Crippen molar-refractivity contribution in [1.29, 1.82) is 0 Å². The number of imidazole rings is 1. The number of anilines is 1. The first-order valence-electron chi connectivity index (χ1n) is 6.32. The van der Waals surface area contributed by atoms with Crippen LogP contribution in [0.1, 0.15) is 38.3 Å². The van der Waals surface area contributed by atoms with E-state index in [0.29, 0.717) is 11.8 Å². The molecule has 6 nitrogen and oxygen atoms in total. The van der Waals surface area contributed by atoms with Crippen molar-refractivity contribution in [3.63, 3.8) is 0 Å². The maximum Gasteiger partial charge on any atom is 0.226 e. The first kappa shape index (κ1) is 13.3. The average molecular weight is 261 g/mol. The molecule has 0 aliphatic carbocycles. The van der Waals surface area contributed by atoms with Gasteiger partial charge in [-0.15, -0.1) is 0 Å². The van der Waals surface area contributed by atoms with Gasteiger partial charge in [-0.05, 0) is 27.7 Å². The van der Waals surface area contributed by atoms with Gasteiger partial charge in [0, 0.05) is 24.2 Å². The second-order valence-corrected chi connectivity index (χ2v) is 4.68. The molecule has 0 aromatic carbocycles. The summed E-state index contributed by atoms with van der Waals surface area (Å²) < 4.78 is 5.59. The summed E-state index contributed by atoms with van der Waals surface area (Å²) in [5, 5.41) is 3.20. The van der Waals surface area contributed by atoms with Gasteiger partial charge in [0.2, 0.25) is 11.8 Å². The number of aromatic amines is 1. The molecule has 1 atom stereocenters. The molecule has 0 fully saturated rings. The fourth-order valence-electron chi connectivity index (χ4n) is 1.68. The molecular formula is C13H19N5O. The molecule has 0 spiro atoms. The number of rotatable bonds is 5. The van der Waals surface area contributed by atoms with Crippen LogP contribution in [0.3, 0.4) is 0 Å². The Morgan fingerprint density at radius 2 is 2.05 bits per heavy atom. The Kier molecular flexibility index (Phi) is 3.99. The van der Waals surface area contributed by atoms with E-state index in [4.69, 9.17) is 4.74 Å². The van der Waals surface area contributed by atoms with Gasteiger partial charge in [0.15, 0.2) is 0 Å². The smallest absolute Gasteiger partial charge is 0.226 e. The van der Waals surface area contributed by atoms with Gasteiger partial charge in [-0.3, -0.25) is 0 Å². The molecule has 0 saturated carbocycles. The number of H-pyrrole nitrogens is 1. The van der Waals surface area contributed by atoms with Crippen LogP contribution >= 0.6 is 0 Å². The molecule has 0 amide bonds. The molecule has 2 N–H and O–H groups in total. The van der Waals surface area contributed by atoms with Crippen molar-refractivity contribution < 1.29 is 4.74 Å². The first-order valence-corrected chi connectivity index (χ1v) is 6.32. The summed E-state index contributed by atoms with van der Waals surface area (Å²) in [4.78, 5) is 15.9. The van der Waals surface area contributed by atoms with Crippen LogP contribution in [-0.2, 0) is 0 Å². The zero-order chi connectivity index (χ0) is 13.8. The largest absolute Gasteiger partial charge is 0.475 e. The summed E-state index contributed by atoms with van der Waals surface area (Å²) in [7, 11) is 0. The molecule has 0 aliphatic rings. The van der Waals surface area contributed by atoms with Gasteiger partial charge >= 0.3 is 0 Å². The molecule has 1 unspecified atom stereocenters. The Bertz CT molecular complexity index is 524. The van der Waals surface area contributed by atoms with Crippen LogP contribution in [-0.4, -0.2) is 26.0 Å². The van der Waals surface area contributed by atoms with Gasteiger partial charge in [-0.1, -0.05) is 0 Å². The minimum atomic E-state index is 0.00343. The zero-order valence-corrected chi connectivity index (χ0v) is 11.6. The summed E-state index contributed by atoms with van der Waals surface area (Å²) in [6.45, 7) is 7.84. The van der Waals surface area contributed by atoms with Gasteiger partial charge < -0.3 is 15.0 Å². The maximum atomic E-state index is 5.59. The molecular weight excluding hydrogens is 242 g/mol. The van der Waals surface area contributed by atoms with Crippen LogP contribution in [0.5, 0.6) is 5.88 Å². The van der Waals surface area contributed by atoms with Crippen molar-refractivity contribution in [2.24, 2.45) is 0 Å². The quantitative estimate of drug-likeness (QED) is 0.864. The third-order valence-electron chi connectivity index (χ3n) is 2.46. The molecule has 2 rings (SSSR count). The van der Waals surface area contributed by atoms with Gasteiger partial charge in [0.25, 0.3) is 0 Å². The monoisotopic (exact) mass is 261 g/mol. The Labute approximate surface area is 112 Å². The molecule has 0 aliphatic heterocycles. The zero-order valence-electron chi connectivity index (χ0n) is 11.6. The summed E-state index contributed by atoms with van der Waals surface area (Å²) in [5.74, 6) is 1.97. The third-order valence-corrected chi connectivity index (χ3v) is 2.46. The van der Waals surface area contributed by atoms with Crippen LogP contribution in [0.2, 0.25) is 0 Å². The molecule has 0 radical (unpaired) electrons. The van der Waals surface area contributed by atoms with E-state index in [-0.39, 0.29) is 12.1 Å². The fourth-order valence-corrected chi connectivity index (χ4v) is 1.68. The van der Waals surface area contributed by atoms with Gasteiger partial charge in [-0.25, -0.2) is 9.97 Å². The SMILES string of the molecule is Cc1cc(OC(C)C)nc(NC(C)c2ncc[nH]2)n1. The van der Waals surface area contributed by atoms with E-state index < -0.39 is 0 Å². The van der Waals surface area contributed by atoms with Crippen LogP contribution in [0, 0.1) is 6.92 Å². The Morgan fingerprint density at radius 1 is 1.26 bits per heavy atom. The van der Waals surface area contributed by atoms with Crippen molar-refractivity contribution in [2.75, 3.05) is 5.32 Å². The van der Waals surface area contributed by atoms with E-state index in [1.54, 1.807) is 12.4 Å². The molecule has 6 heteroatoms. The highest BCUT2D eigenvalue weighted by molar-refractivity contribution is 5.32. The van der Waals surface area contributed by atoms with Crippen LogP contribution in [0.25, 0.3) is 0 Å². The number of hydrogen-bond donors (Lipinski definition) is 2. The summed E-state index contributed by atoms with van der Waals surface area (Å²) in [6.07, 6.45) is 3.60. The van der Waals surface area contributed by atoms with E-state index >= 15 is 0 Å². The number of aryl methyl sites for hydroxylation is 1. The molecule has 0 saturated heterocycles. The highest BCUT2D eigenvalue weighted by Crippen LogP contribution is 2.17. The number of ether oxygens (including phenoxy) is 1. The third kappa shape index (κ3) is 3.67. The van der Waals surface area contributed by atoms with E-state index in [0.717, 1.165) is 11.5 Å². The second-order valence-electron chi connectivity index (χ2n) is 4.68. The van der Waals surface area contributed by atoms with Crippen molar-refractivity contribution in [3.05, 3.63) is 30.0 Å². The molecule has 2 heterocycles. The van der Waals surface area contributed by atoms with Crippen molar-refractivity contribution >= 4 is 5.95 Å². The lowest BCUT2D eigenvalue weighted by atomic mass is 10.3. The average Bonchev–Trinajstić information content (AvgIpc) is 2.79. The highest BCUT2D eigenvalue weighted by atomic mass is 16.5. The normalized spacial score (nSPS) is 12.5. The fraction of sp³-hybridized carbons (Fsp3) is 0.462. The van der Waals surface area contributed by atoms with E-state index in [1.807, 2.05) is 33.8 Å². The second kappa shape index (κ2) is 5.69. The number of hydrogen-bond acceptors (Lipinski definition) is 5. The lowest BCUT2D eigenvalue weighted by molar-refractivity contribution is 0.232. The highest BCUT2D eigenvalue weighted by Gasteiger charge is 2.11. The van der Waals surface area contributed by atoms with Crippen molar-refractivity contribution in [1.82, 2.24) is 19.9 Å². The van der Waals surface area contributed by atoms with Crippen LogP contribution < -0.4 is 10.1 Å². The maximum absolute atomic E-state index is 5.59. The van der Waals surface area contributed by atoms with Crippen molar-refractivity contribution in [2.45, 2.75) is 39.8 Å². The van der Waals surface area contributed by atoms with Crippen LogP contribution in [0.15, 0.2) is 18.5 Å². The minimum absolute atomic E-state index is 0.00343. The molecule has 2 aromatic rings. The number of nitrogens with zero attached hydrogens (tertiary/aromatic N) is 3. The van der Waals surface area contributed by atoms with Gasteiger partial charge in [0.05, 0.1) is 12.1 Å². The number of aromatic nitrogens is 4. The summed E-state index contributed by atoms with van der Waals surface area (Å²) in [5.41, 5.74) is 0.861. The predicted octanol–water partition coefficient (Wildman–Crippen LogP) is 2.47.